The first-order chi connectivity index (χ1) is 16.0. The summed E-state index contributed by atoms with van der Waals surface area (Å²) in [5, 5.41) is 14.5. The third-order valence-corrected chi connectivity index (χ3v) is 6.80. The fourth-order valence-electron chi connectivity index (χ4n) is 4.69. The summed E-state index contributed by atoms with van der Waals surface area (Å²) in [6.45, 7) is 11.2. The van der Waals surface area contributed by atoms with Crippen LogP contribution in [0.2, 0.25) is 0 Å². The van der Waals surface area contributed by atoms with Gasteiger partial charge >= 0.3 is 12.1 Å². The Hall–Kier alpha value is -2.61. The molecule has 34 heavy (non-hydrogen) atoms. The lowest BCUT2D eigenvalue weighted by Gasteiger charge is -2.35. The summed E-state index contributed by atoms with van der Waals surface area (Å²) in [6, 6.07) is 5.69. The Balaban J connectivity index is 2.13. The Bertz CT molecular complexity index is 857. The Morgan fingerprint density at radius 1 is 1.09 bits per heavy atom. The lowest BCUT2D eigenvalue weighted by atomic mass is 9.74. The molecule has 1 aromatic rings. The van der Waals surface area contributed by atoms with Gasteiger partial charge in [-0.15, -0.1) is 0 Å². The van der Waals surface area contributed by atoms with E-state index < -0.39 is 30.1 Å². The van der Waals surface area contributed by atoms with E-state index in [0.717, 1.165) is 37.9 Å². The largest absolute Gasteiger partial charge is 0.480 e. The van der Waals surface area contributed by atoms with Gasteiger partial charge in [-0.05, 0) is 62.4 Å². The smallest absolute Gasteiger partial charge is 0.413 e. The van der Waals surface area contributed by atoms with Crippen molar-refractivity contribution in [2.24, 2.45) is 11.8 Å². The number of nitrogens with zero attached hydrogens (tertiary/aromatic N) is 1. The van der Waals surface area contributed by atoms with Crippen LogP contribution in [0.15, 0.2) is 24.3 Å². The minimum Gasteiger partial charge on any atom is -0.480 e. The average Bonchev–Trinajstić information content (AvgIpc) is 2.97. The Labute approximate surface area is 203 Å². The molecule has 1 aromatic carbocycles. The minimum absolute atomic E-state index is 0.00411. The van der Waals surface area contributed by atoms with Crippen molar-refractivity contribution >= 4 is 18.0 Å². The third-order valence-electron chi connectivity index (χ3n) is 6.80. The van der Waals surface area contributed by atoms with Gasteiger partial charge in [0.25, 0.3) is 0 Å². The lowest BCUT2D eigenvalue weighted by molar-refractivity contribution is -0.143. The van der Waals surface area contributed by atoms with Gasteiger partial charge in [0.1, 0.15) is 17.8 Å². The molecule has 0 spiro atoms. The highest BCUT2D eigenvalue weighted by Crippen LogP contribution is 2.37. The molecule has 0 aromatic heterocycles. The fourth-order valence-corrected chi connectivity index (χ4v) is 4.69. The zero-order chi connectivity index (χ0) is 25.5. The van der Waals surface area contributed by atoms with Gasteiger partial charge in [-0.1, -0.05) is 53.2 Å². The first kappa shape index (κ1) is 27.6. The molecule has 1 saturated heterocycles. The number of carboxylic acids is 1. The van der Waals surface area contributed by atoms with Crippen molar-refractivity contribution in [3.8, 4) is 5.75 Å². The summed E-state index contributed by atoms with van der Waals surface area (Å²) < 4.78 is 5.56. The topological polar surface area (TPSA) is 108 Å². The van der Waals surface area contributed by atoms with E-state index in [1.54, 1.807) is 33.8 Å². The Morgan fingerprint density at radius 2 is 1.76 bits per heavy atom. The number of carbonyl (C=O) groups excluding carboxylic acids is 2. The molecule has 1 fully saturated rings. The summed E-state index contributed by atoms with van der Waals surface area (Å²) in [5.41, 5.74) is 1.15. The van der Waals surface area contributed by atoms with E-state index in [-0.39, 0.29) is 17.3 Å². The maximum absolute atomic E-state index is 12.7. The quantitative estimate of drug-likeness (QED) is 0.502. The van der Waals surface area contributed by atoms with Crippen molar-refractivity contribution in [1.29, 1.82) is 0 Å². The fraction of sp³-hybridized carbons (Fsp3) is 0.654. The molecule has 1 heterocycles. The molecule has 0 radical (unpaired) electrons. The average molecular weight is 476 g/mol. The molecule has 190 valence electrons. The minimum atomic E-state index is -1.11. The SMILES string of the molecule is CCC1(c2cccc(OC(=O)N[C@H](C(=O)N[C@H](C(=O)O)C(C)C)C(C)C)c2)CCCCN(C)C1. The van der Waals surface area contributed by atoms with E-state index in [1.807, 2.05) is 12.1 Å². The van der Waals surface area contributed by atoms with Gasteiger partial charge in [0, 0.05) is 12.0 Å². The molecule has 2 rings (SSSR count). The molecular formula is C26H41N3O5. The van der Waals surface area contributed by atoms with Crippen LogP contribution in [0.25, 0.3) is 0 Å². The first-order valence-electron chi connectivity index (χ1n) is 12.3. The van der Waals surface area contributed by atoms with Gasteiger partial charge in [0.05, 0.1) is 0 Å². The molecule has 0 bridgehead atoms. The Morgan fingerprint density at radius 3 is 2.35 bits per heavy atom. The maximum atomic E-state index is 12.7. The number of rotatable bonds is 9. The summed E-state index contributed by atoms with van der Waals surface area (Å²) in [4.78, 5) is 39.3. The van der Waals surface area contributed by atoms with Gasteiger partial charge in [0.2, 0.25) is 5.91 Å². The van der Waals surface area contributed by atoms with Gasteiger partial charge in [-0.2, -0.15) is 0 Å². The number of ether oxygens (including phenoxy) is 1. The van der Waals surface area contributed by atoms with Crippen LogP contribution in [0.1, 0.15) is 65.9 Å². The number of nitrogens with one attached hydrogen (secondary N) is 2. The molecule has 1 unspecified atom stereocenters. The molecule has 0 saturated carbocycles. The number of carboxylic acid groups (broad SMARTS) is 1. The first-order valence-corrected chi connectivity index (χ1v) is 12.3. The normalized spacial score (nSPS) is 20.9. The van der Waals surface area contributed by atoms with E-state index in [4.69, 9.17) is 4.74 Å². The van der Waals surface area contributed by atoms with E-state index >= 15 is 0 Å². The summed E-state index contributed by atoms with van der Waals surface area (Å²) in [7, 11) is 2.15. The molecule has 2 amide bonds. The molecule has 8 heteroatoms. The number of likely N-dealkylation sites (tertiary alicyclic amines) is 1. The van der Waals surface area contributed by atoms with Crippen LogP contribution in [0.5, 0.6) is 5.75 Å². The van der Waals surface area contributed by atoms with E-state index in [0.29, 0.717) is 5.75 Å². The number of amides is 2. The second-order valence-electron chi connectivity index (χ2n) is 10.2. The van der Waals surface area contributed by atoms with Crippen LogP contribution < -0.4 is 15.4 Å². The summed E-state index contributed by atoms with van der Waals surface area (Å²) in [5.74, 6) is -1.79. The van der Waals surface area contributed by atoms with Gasteiger partial charge in [-0.3, -0.25) is 4.79 Å². The van der Waals surface area contributed by atoms with E-state index in [2.05, 4.69) is 35.6 Å². The molecule has 0 aliphatic carbocycles. The molecule has 1 aliphatic heterocycles. The number of hydrogen-bond donors (Lipinski definition) is 3. The van der Waals surface area contributed by atoms with Crippen LogP contribution in [0.4, 0.5) is 4.79 Å². The van der Waals surface area contributed by atoms with E-state index in [9.17, 15) is 19.5 Å². The number of aliphatic carboxylic acids is 1. The molecule has 3 N–H and O–H groups in total. The van der Waals surface area contributed by atoms with Crippen LogP contribution in [0.3, 0.4) is 0 Å². The zero-order valence-electron chi connectivity index (χ0n) is 21.4. The standard InChI is InChI=1S/C26H41N3O5/c1-7-26(13-8-9-14-29(6)16-26)19-11-10-12-20(15-19)34-25(33)28-21(17(2)3)23(30)27-22(18(4)5)24(31)32/h10-12,15,17-18,21-22H,7-9,13-14,16H2,1-6H3,(H,27,30)(H,28,33)(H,31,32)/t21-,22-,26?/m0/s1. The number of likely N-dealkylation sites (N-methyl/N-ethyl adjacent to an activating group) is 1. The van der Waals surface area contributed by atoms with Crippen molar-refractivity contribution in [2.75, 3.05) is 20.1 Å². The lowest BCUT2D eigenvalue weighted by Crippen LogP contribution is -2.55. The highest BCUT2D eigenvalue weighted by atomic mass is 16.6. The van der Waals surface area contributed by atoms with Gasteiger partial charge in [-0.25, -0.2) is 9.59 Å². The molecule has 8 nitrogen and oxygen atoms in total. The number of carbonyl (C=O) groups is 3. The molecule has 3 atom stereocenters. The van der Waals surface area contributed by atoms with E-state index in [1.165, 1.54) is 6.42 Å². The molecular weight excluding hydrogens is 434 g/mol. The van der Waals surface area contributed by atoms with Crippen molar-refractivity contribution < 1.29 is 24.2 Å². The second-order valence-corrected chi connectivity index (χ2v) is 10.2. The van der Waals surface area contributed by atoms with Gasteiger partial charge in [0.15, 0.2) is 0 Å². The molecule has 1 aliphatic rings. The summed E-state index contributed by atoms with van der Waals surface area (Å²) >= 11 is 0. The van der Waals surface area contributed by atoms with Crippen LogP contribution in [-0.2, 0) is 15.0 Å². The van der Waals surface area contributed by atoms with Crippen molar-refractivity contribution in [3.05, 3.63) is 29.8 Å². The number of hydrogen-bond acceptors (Lipinski definition) is 5. The predicted octanol–water partition coefficient (Wildman–Crippen LogP) is 3.79. The number of benzene rings is 1. The van der Waals surface area contributed by atoms with Crippen molar-refractivity contribution in [1.82, 2.24) is 15.5 Å². The maximum Gasteiger partial charge on any atom is 0.413 e. The van der Waals surface area contributed by atoms with Crippen LogP contribution >= 0.6 is 0 Å². The monoisotopic (exact) mass is 475 g/mol. The highest BCUT2D eigenvalue weighted by molar-refractivity contribution is 5.89. The van der Waals surface area contributed by atoms with Gasteiger partial charge < -0.3 is 25.4 Å². The van der Waals surface area contributed by atoms with Crippen molar-refractivity contribution in [3.63, 3.8) is 0 Å². The Kier molecular flexibility index (Phi) is 9.91. The van der Waals surface area contributed by atoms with Crippen molar-refractivity contribution in [2.45, 2.75) is 77.8 Å². The summed E-state index contributed by atoms with van der Waals surface area (Å²) in [6.07, 6.45) is 3.66. The second kappa shape index (κ2) is 12.2. The predicted molar refractivity (Wildman–Crippen MR) is 132 cm³/mol. The highest BCUT2D eigenvalue weighted by Gasteiger charge is 2.34. The zero-order valence-corrected chi connectivity index (χ0v) is 21.4. The van der Waals surface area contributed by atoms with Crippen LogP contribution in [0, 0.1) is 11.8 Å². The third kappa shape index (κ3) is 7.19. The van der Waals surface area contributed by atoms with Crippen LogP contribution in [-0.4, -0.2) is 60.2 Å².